The second-order valence-electron chi connectivity index (χ2n) is 5.90. The molecule has 0 unspecified atom stereocenters. The van der Waals surface area contributed by atoms with Crippen molar-refractivity contribution < 1.29 is 4.79 Å². The maximum Gasteiger partial charge on any atom is 0.244 e. The molecule has 3 rings (SSSR count). The highest BCUT2D eigenvalue weighted by atomic mass is 32.1. The largest absolute Gasteiger partial charge is 0.343 e. The number of thiazole rings is 1. The van der Waals surface area contributed by atoms with Crippen molar-refractivity contribution in [1.82, 2.24) is 19.9 Å². The number of hydrogen-bond donors (Lipinski definition) is 1. The van der Waals surface area contributed by atoms with Crippen molar-refractivity contribution >= 4 is 34.4 Å². The van der Waals surface area contributed by atoms with Crippen LogP contribution in [0.2, 0.25) is 0 Å². The number of carbonyl (C=O) groups excluding carboxylic acids is 1. The number of imidazole rings is 1. The van der Waals surface area contributed by atoms with Crippen molar-refractivity contribution in [2.75, 3.05) is 0 Å². The molecule has 1 atom stereocenters. The summed E-state index contributed by atoms with van der Waals surface area (Å²) < 4.78 is 2.17. The molecule has 0 bridgehead atoms. The van der Waals surface area contributed by atoms with Crippen molar-refractivity contribution in [2.45, 2.75) is 32.9 Å². The highest BCUT2D eigenvalue weighted by molar-refractivity contribution is 7.07. The van der Waals surface area contributed by atoms with Gasteiger partial charge in [0.2, 0.25) is 5.91 Å². The SMILES string of the molecule is CC(C)n1c([C@@H](C)NC(=O)/C=C/c2cscn2)nc2ccccc21. The monoisotopic (exact) mass is 340 g/mol. The predicted octanol–water partition coefficient (Wildman–Crippen LogP) is 3.96. The van der Waals surface area contributed by atoms with Gasteiger partial charge in [0.05, 0.1) is 28.3 Å². The molecule has 0 saturated heterocycles. The Hall–Kier alpha value is -2.47. The smallest absolute Gasteiger partial charge is 0.244 e. The van der Waals surface area contributed by atoms with Gasteiger partial charge in [0.1, 0.15) is 5.82 Å². The molecule has 3 aromatic rings. The molecule has 1 N–H and O–H groups in total. The lowest BCUT2D eigenvalue weighted by Gasteiger charge is -2.18. The summed E-state index contributed by atoms with van der Waals surface area (Å²) in [7, 11) is 0. The van der Waals surface area contributed by atoms with Crippen molar-refractivity contribution in [3.63, 3.8) is 0 Å². The van der Waals surface area contributed by atoms with Crippen LogP contribution in [0.5, 0.6) is 0 Å². The fourth-order valence-electron chi connectivity index (χ4n) is 2.70. The van der Waals surface area contributed by atoms with Gasteiger partial charge < -0.3 is 9.88 Å². The molecule has 5 nitrogen and oxygen atoms in total. The average molecular weight is 340 g/mol. The molecule has 1 amide bonds. The van der Waals surface area contributed by atoms with E-state index in [4.69, 9.17) is 4.98 Å². The second-order valence-corrected chi connectivity index (χ2v) is 6.62. The summed E-state index contributed by atoms with van der Waals surface area (Å²) >= 11 is 1.50. The van der Waals surface area contributed by atoms with Crippen LogP contribution in [-0.4, -0.2) is 20.4 Å². The molecule has 24 heavy (non-hydrogen) atoms. The zero-order valence-electron chi connectivity index (χ0n) is 13.9. The van der Waals surface area contributed by atoms with E-state index in [9.17, 15) is 4.79 Å². The van der Waals surface area contributed by atoms with Crippen LogP contribution in [0.25, 0.3) is 17.1 Å². The number of aromatic nitrogens is 3. The van der Waals surface area contributed by atoms with Gasteiger partial charge in [-0.15, -0.1) is 11.3 Å². The molecule has 0 radical (unpaired) electrons. The van der Waals surface area contributed by atoms with Gasteiger partial charge in [0.15, 0.2) is 0 Å². The first-order valence-corrected chi connectivity index (χ1v) is 8.84. The zero-order chi connectivity index (χ0) is 17.1. The van der Waals surface area contributed by atoms with Crippen molar-refractivity contribution in [3.05, 3.63) is 52.8 Å². The van der Waals surface area contributed by atoms with E-state index in [1.54, 1.807) is 11.6 Å². The Morgan fingerprint density at radius 2 is 2.08 bits per heavy atom. The number of para-hydroxylation sites is 2. The minimum Gasteiger partial charge on any atom is -0.343 e. The maximum absolute atomic E-state index is 12.2. The summed E-state index contributed by atoms with van der Waals surface area (Å²) in [6.45, 7) is 6.19. The van der Waals surface area contributed by atoms with Crippen LogP contribution in [-0.2, 0) is 4.79 Å². The van der Waals surface area contributed by atoms with Gasteiger partial charge in [0, 0.05) is 17.5 Å². The molecule has 0 aliphatic carbocycles. The number of fused-ring (bicyclic) bond motifs is 1. The quantitative estimate of drug-likeness (QED) is 0.715. The van der Waals surface area contributed by atoms with Gasteiger partial charge in [-0.25, -0.2) is 9.97 Å². The van der Waals surface area contributed by atoms with E-state index in [0.717, 1.165) is 22.6 Å². The summed E-state index contributed by atoms with van der Waals surface area (Å²) in [5.41, 5.74) is 4.56. The van der Waals surface area contributed by atoms with Gasteiger partial charge in [-0.3, -0.25) is 4.79 Å². The van der Waals surface area contributed by atoms with E-state index in [2.05, 4.69) is 34.8 Å². The third kappa shape index (κ3) is 3.38. The third-order valence-corrected chi connectivity index (χ3v) is 4.35. The fraction of sp³-hybridized carbons (Fsp3) is 0.278. The first-order valence-electron chi connectivity index (χ1n) is 7.90. The summed E-state index contributed by atoms with van der Waals surface area (Å²) in [6, 6.07) is 8.11. The van der Waals surface area contributed by atoms with Crippen LogP contribution < -0.4 is 5.32 Å². The Labute approximate surface area is 145 Å². The standard InChI is InChI=1S/C18H20N4OS/c1-12(2)22-16-7-5-4-6-15(16)21-18(22)13(3)20-17(23)9-8-14-10-24-11-19-14/h4-13H,1-3H3,(H,20,23)/b9-8+/t13-/m1/s1. The molecular formula is C18H20N4OS. The lowest BCUT2D eigenvalue weighted by molar-refractivity contribution is -0.117. The molecule has 124 valence electrons. The lowest BCUT2D eigenvalue weighted by Crippen LogP contribution is -2.27. The van der Waals surface area contributed by atoms with Crippen LogP contribution in [0.1, 0.15) is 44.4 Å². The molecule has 6 heteroatoms. The topological polar surface area (TPSA) is 59.8 Å². The van der Waals surface area contributed by atoms with E-state index in [-0.39, 0.29) is 18.0 Å². The maximum atomic E-state index is 12.2. The second kappa shape index (κ2) is 6.97. The lowest BCUT2D eigenvalue weighted by atomic mass is 10.2. The summed E-state index contributed by atoms with van der Waals surface area (Å²) in [6.07, 6.45) is 3.22. The van der Waals surface area contributed by atoms with Crippen LogP contribution >= 0.6 is 11.3 Å². The van der Waals surface area contributed by atoms with E-state index in [1.807, 2.05) is 30.5 Å². The number of rotatable bonds is 5. The normalized spacial score (nSPS) is 13.0. The van der Waals surface area contributed by atoms with Crippen LogP contribution in [0.15, 0.2) is 41.2 Å². The number of nitrogens with one attached hydrogen (secondary N) is 1. The average Bonchev–Trinajstić information content (AvgIpc) is 3.20. The Balaban J connectivity index is 1.82. The highest BCUT2D eigenvalue weighted by Crippen LogP contribution is 2.24. The molecule has 1 aromatic carbocycles. The highest BCUT2D eigenvalue weighted by Gasteiger charge is 2.19. The molecule has 2 heterocycles. The zero-order valence-corrected chi connectivity index (χ0v) is 14.7. The van der Waals surface area contributed by atoms with Crippen LogP contribution in [0.3, 0.4) is 0 Å². The number of nitrogens with zero attached hydrogens (tertiary/aromatic N) is 3. The van der Waals surface area contributed by atoms with Crippen molar-refractivity contribution in [3.8, 4) is 0 Å². The van der Waals surface area contributed by atoms with E-state index < -0.39 is 0 Å². The molecule has 0 saturated carbocycles. The predicted molar refractivity (Wildman–Crippen MR) is 97.8 cm³/mol. The fourth-order valence-corrected chi connectivity index (χ4v) is 3.22. The van der Waals surface area contributed by atoms with E-state index >= 15 is 0 Å². The van der Waals surface area contributed by atoms with Crippen LogP contribution in [0.4, 0.5) is 0 Å². The minimum atomic E-state index is -0.188. The number of amides is 1. The molecular weight excluding hydrogens is 320 g/mol. The molecule has 0 aliphatic rings. The Morgan fingerprint density at radius 3 is 2.79 bits per heavy atom. The van der Waals surface area contributed by atoms with Crippen molar-refractivity contribution in [1.29, 1.82) is 0 Å². The van der Waals surface area contributed by atoms with Gasteiger partial charge in [-0.1, -0.05) is 12.1 Å². The Bertz CT molecular complexity index is 864. The summed E-state index contributed by atoms with van der Waals surface area (Å²) in [4.78, 5) is 21.0. The minimum absolute atomic E-state index is 0.155. The third-order valence-electron chi connectivity index (χ3n) is 3.74. The first kappa shape index (κ1) is 16.4. The Morgan fingerprint density at radius 1 is 1.29 bits per heavy atom. The van der Waals surface area contributed by atoms with E-state index in [1.165, 1.54) is 17.4 Å². The number of hydrogen-bond acceptors (Lipinski definition) is 4. The van der Waals surface area contributed by atoms with Gasteiger partial charge in [-0.05, 0) is 39.0 Å². The van der Waals surface area contributed by atoms with Crippen molar-refractivity contribution in [2.24, 2.45) is 0 Å². The molecule has 0 aliphatic heterocycles. The van der Waals surface area contributed by atoms with Crippen LogP contribution in [0, 0.1) is 0 Å². The first-order chi connectivity index (χ1) is 11.6. The number of carbonyl (C=O) groups is 1. The molecule has 2 aromatic heterocycles. The summed E-state index contributed by atoms with van der Waals surface area (Å²) in [5, 5.41) is 4.88. The Kier molecular flexibility index (Phi) is 4.76. The van der Waals surface area contributed by atoms with Gasteiger partial charge >= 0.3 is 0 Å². The molecule has 0 fully saturated rings. The summed E-state index contributed by atoms with van der Waals surface area (Å²) in [5.74, 6) is 0.708. The number of benzene rings is 1. The van der Waals surface area contributed by atoms with Gasteiger partial charge in [0.25, 0.3) is 0 Å². The molecule has 0 spiro atoms. The van der Waals surface area contributed by atoms with Gasteiger partial charge in [-0.2, -0.15) is 0 Å². The van der Waals surface area contributed by atoms with E-state index in [0.29, 0.717) is 0 Å².